The quantitative estimate of drug-likeness (QED) is 0.841. The number of nitrogens with one attached hydrogen (secondary N) is 1. The maximum Gasteiger partial charge on any atom is 0.304 e. The predicted octanol–water partition coefficient (Wildman–Crippen LogP) is 2.05. The number of rotatable bonds is 6. The first kappa shape index (κ1) is 17.4. The number of aliphatic carboxylic acids is 1. The van der Waals surface area contributed by atoms with E-state index in [0.29, 0.717) is 24.6 Å². The van der Waals surface area contributed by atoms with Crippen molar-refractivity contribution < 1.29 is 19.1 Å². The van der Waals surface area contributed by atoms with Crippen molar-refractivity contribution in [1.82, 2.24) is 10.2 Å². The summed E-state index contributed by atoms with van der Waals surface area (Å²) in [5.41, 5.74) is 1.07. The molecule has 6 heteroatoms. The first-order valence-electron chi connectivity index (χ1n) is 7.93. The molecule has 1 saturated heterocycles. The molecule has 1 aromatic carbocycles. The van der Waals surface area contributed by atoms with Crippen LogP contribution in [0.1, 0.15) is 35.2 Å². The van der Waals surface area contributed by atoms with Crippen molar-refractivity contribution in [2.45, 2.75) is 26.2 Å². The predicted molar refractivity (Wildman–Crippen MR) is 84.9 cm³/mol. The summed E-state index contributed by atoms with van der Waals surface area (Å²) < 4.78 is 13.3. The molecule has 0 aliphatic carbocycles. The van der Waals surface area contributed by atoms with E-state index in [2.05, 4.69) is 10.2 Å². The summed E-state index contributed by atoms with van der Waals surface area (Å²) >= 11 is 0. The Labute approximate surface area is 135 Å². The molecule has 126 valence electrons. The number of carboxylic acids is 1. The highest BCUT2D eigenvalue weighted by Crippen LogP contribution is 2.17. The molecule has 1 fully saturated rings. The van der Waals surface area contributed by atoms with Gasteiger partial charge in [-0.1, -0.05) is 0 Å². The molecular formula is C17H23FN2O3. The van der Waals surface area contributed by atoms with Crippen LogP contribution in [0, 0.1) is 18.7 Å². The summed E-state index contributed by atoms with van der Waals surface area (Å²) in [5.74, 6) is -1.04. The lowest BCUT2D eigenvalue weighted by molar-refractivity contribution is -0.137. The second kappa shape index (κ2) is 8.06. The standard InChI is InChI=1S/C17H23FN2O3/c1-12-8-14(10-15(18)9-12)17(23)19-11-13-2-5-20(6-3-13)7-4-16(21)22/h8-10,13H,2-7,11H2,1H3,(H,19,23)(H,21,22). The lowest BCUT2D eigenvalue weighted by atomic mass is 9.96. The van der Waals surface area contributed by atoms with E-state index in [1.807, 2.05) is 0 Å². The largest absolute Gasteiger partial charge is 0.481 e. The number of hydrogen-bond acceptors (Lipinski definition) is 3. The van der Waals surface area contributed by atoms with E-state index in [1.54, 1.807) is 13.0 Å². The molecule has 0 saturated carbocycles. The maximum absolute atomic E-state index is 13.3. The van der Waals surface area contributed by atoms with E-state index in [9.17, 15) is 14.0 Å². The van der Waals surface area contributed by atoms with Crippen molar-refractivity contribution in [3.8, 4) is 0 Å². The maximum atomic E-state index is 13.3. The van der Waals surface area contributed by atoms with Crippen LogP contribution in [-0.4, -0.2) is 48.1 Å². The fourth-order valence-corrected chi connectivity index (χ4v) is 2.87. The number of halogens is 1. The minimum atomic E-state index is -0.773. The Morgan fingerprint density at radius 3 is 2.61 bits per heavy atom. The summed E-state index contributed by atoms with van der Waals surface area (Å²) in [7, 11) is 0. The number of amides is 1. The molecule has 0 atom stereocenters. The van der Waals surface area contributed by atoms with E-state index in [0.717, 1.165) is 31.5 Å². The summed E-state index contributed by atoms with van der Waals surface area (Å²) in [6.07, 6.45) is 2.03. The van der Waals surface area contributed by atoms with E-state index in [1.165, 1.54) is 12.1 Å². The van der Waals surface area contributed by atoms with Gasteiger partial charge in [0.1, 0.15) is 5.82 Å². The lowest BCUT2D eigenvalue weighted by Gasteiger charge is -2.31. The average Bonchev–Trinajstić information content (AvgIpc) is 2.50. The van der Waals surface area contributed by atoms with Crippen LogP contribution in [0.5, 0.6) is 0 Å². The van der Waals surface area contributed by atoms with Gasteiger partial charge in [-0.2, -0.15) is 0 Å². The van der Waals surface area contributed by atoms with Crippen LogP contribution in [0.2, 0.25) is 0 Å². The Kier molecular flexibility index (Phi) is 6.10. The van der Waals surface area contributed by atoms with E-state index in [-0.39, 0.29) is 12.3 Å². The van der Waals surface area contributed by atoms with E-state index >= 15 is 0 Å². The zero-order valence-electron chi connectivity index (χ0n) is 13.3. The molecule has 23 heavy (non-hydrogen) atoms. The Morgan fingerprint density at radius 2 is 2.00 bits per heavy atom. The van der Waals surface area contributed by atoms with Gasteiger partial charge in [0.15, 0.2) is 0 Å². The lowest BCUT2D eigenvalue weighted by Crippen LogP contribution is -2.39. The molecule has 2 N–H and O–H groups in total. The van der Waals surface area contributed by atoms with Gasteiger partial charge in [0.05, 0.1) is 6.42 Å². The van der Waals surface area contributed by atoms with Crippen molar-refractivity contribution in [2.24, 2.45) is 5.92 Å². The minimum absolute atomic E-state index is 0.167. The van der Waals surface area contributed by atoms with Crippen LogP contribution in [0.4, 0.5) is 4.39 Å². The first-order chi connectivity index (χ1) is 10.9. The third-order valence-electron chi connectivity index (χ3n) is 4.20. The van der Waals surface area contributed by atoms with Crippen LogP contribution in [0.15, 0.2) is 18.2 Å². The summed E-state index contributed by atoms with van der Waals surface area (Å²) in [5, 5.41) is 11.6. The number of likely N-dealkylation sites (tertiary alicyclic amines) is 1. The monoisotopic (exact) mass is 322 g/mol. The smallest absolute Gasteiger partial charge is 0.304 e. The highest BCUT2D eigenvalue weighted by molar-refractivity contribution is 5.94. The zero-order chi connectivity index (χ0) is 16.8. The fraction of sp³-hybridized carbons (Fsp3) is 0.529. The van der Waals surface area contributed by atoms with Crippen molar-refractivity contribution in [2.75, 3.05) is 26.2 Å². The number of nitrogens with zero attached hydrogens (tertiary/aromatic N) is 1. The zero-order valence-corrected chi connectivity index (χ0v) is 13.3. The van der Waals surface area contributed by atoms with Crippen molar-refractivity contribution >= 4 is 11.9 Å². The van der Waals surface area contributed by atoms with Gasteiger partial charge in [0, 0.05) is 18.7 Å². The number of aryl methyl sites for hydroxylation is 1. The van der Waals surface area contributed by atoms with Crippen LogP contribution >= 0.6 is 0 Å². The number of hydrogen-bond donors (Lipinski definition) is 2. The summed E-state index contributed by atoms with van der Waals surface area (Å²) in [4.78, 5) is 24.8. The van der Waals surface area contributed by atoms with Gasteiger partial charge in [0.25, 0.3) is 5.91 Å². The van der Waals surface area contributed by atoms with Gasteiger partial charge in [-0.3, -0.25) is 9.59 Å². The molecule has 0 unspecified atom stereocenters. The van der Waals surface area contributed by atoms with Gasteiger partial charge in [-0.05, 0) is 62.5 Å². The van der Waals surface area contributed by atoms with Crippen molar-refractivity contribution in [1.29, 1.82) is 0 Å². The molecular weight excluding hydrogens is 299 g/mol. The second-order valence-electron chi connectivity index (χ2n) is 6.16. The molecule has 0 spiro atoms. The van der Waals surface area contributed by atoms with Crippen LogP contribution in [0.25, 0.3) is 0 Å². The Balaban J connectivity index is 1.74. The van der Waals surface area contributed by atoms with Crippen LogP contribution in [0.3, 0.4) is 0 Å². The number of benzene rings is 1. The van der Waals surface area contributed by atoms with E-state index < -0.39 is 11.8 Å². The topological polar surface area (TPSA) is 69.6 Å². The average molecular weight is 322 g/mol. The molecule has 1 aliphatic rings. The number of carbonyl (C=O) groups is 2. The molecule has 0 radical (unpaired) electrons. The van der Waals surface area contributed by atoms with Crippen LogP contribution < -0.4 is 5.32 Å². The molecule has 1 amide bonds. The highest BCUT2D eigenvalue weighted by Gasteiger charge is 2.20. The normalized spacial score (nSPS) is 16.3. The second-order valence-corrected chi connectivity index (χ2v) is 6.16. The van der Waals surface area contributed by atoms with E-state index in [4.69, 9.17) is 5.11 Å². The third-order valence-corrected chi connectivity index (χ3v) is 4.20. The molecule has 0 bridgehead atoms. The summed E-state index contributed by atoms with van der Waals surface area (Å²) in [6, 6.07) is 4.31. The summed E-state index contributed by atoms with van der Waals surface area (Å²) in [6.45, 7) is 4.62. The number of carboxylic acid groups (broad SMARTS) is 1. The SMILES string of the molecule is Cc1cc(F)cc(C(=O)NCC2CCN(CCC(=O)O)CC2)c1. The Morgan fingerprint density at radius 1 is 1.30 bits per heavy atom. The van der Waals surface area contributed by atoms with Gasteiger partial charge in [0.2, 0.25) is 0 Å². The highest BCUT2D eigenvalue weighted by atomic mass is 19.1. The Hall–Kier alpha value is -1.95. The fourth-order valence-electron chi connectivity index (χ4n) is 2.87. The van der Waals surface area contributed by atoms with Gasteiger partial charge in [-0.15, -0.1) is 0 Å². The molecule has 1 aliphatic heterocycles. The van der Waals surface area contributed by atoms with Gasteiger partial charge < -0.3 is 15.3 Å². The molecule has 0 aromatic heterocycles. The molecule has 2 rings (SSSR count). The van der Waals surface area contributed by atoms with Crippen molar-refractivity contribution in [3.63, 3.8) is 0 Å². The van der Waals surface area contributed by atoms with Crippen LogP contribution in [-0.2, 0) is 4.79 Å². The number of piperidine rings is 1. The molecule has 1 heterocycles. The van der Waals surface area contributed by atoms with Gasteiger partial charge in [-0.25, -0.2) is 4.39 Å². The third kappa shape index (κ3) is 5.63. The van der Waals surface area contributed by atoms with Gasteiger partial charge >= 0.3 is 5.97 Å². The number of carbonyl (C=O) groups excluding carboxylic acids is 1. The molecule has 5 nitrogen and oxygen atoms in total. The Bertz CT molecular complexity index is 549. The molecule has 1 aromatic rings. The minimum Gasteiger partial charge on any atom is -0.481 e. The first-order valence-corrected chi connectivity index (χ1v) is 7.93. The van der Waals surface area contributed by atoms with Crippen molar-refractivity contribution in [3.05, 3.63) is 35.1 Å².